The molecular weight excluding hydrogens is 231 g/mol. The summed E-state index contributed by atoms with van der Waals surface area (Å²) in [6.45, 7) is 2.92. The van der Waals surface area contributed by atoms with E-state index in [9.17, 15) is 9.18 Å². The van der Waals surface area contributed by atoms with Gasteiger partial charge in [-0.05, 0) is 31.2 Å². The molecule has 0 aliphatic rings. The molecule has 3 nitrogen and oxygen atoms in total. The highest BCUT2D eigenvalue weighted by molar-refractivity contribution is 6.30. The zero-order chi connectivity index (χ0) is 12.0. The van der Waals surface area contributed by atoms with Gasteiger partial charge in [-0.15, -0.1) is 0 Å². The number of rotatable bonds is 5. The average Bonchev–Trinajstić information content (AvgIpc) is 2.24. The molecule has 88 valence electrons. The normalized spacial score (nSPS) is 10.2. The molecule has 0 aliphatic carbocycles. The molecule has 0 fully saturated rings. The Morgan fingerprint density at radius 1 is 1.50 bits per heavy atom. The van der Waals surface area contributed by atoms with E-state index in [1.165, 1.54) is 18.2 Å². The topological polar surface area (TPSA) is 41.1 Å². The first-order valence-electron chi connectivity index (χ1n) is 5.09. The standard InChI is InChI=1S/C11H14ClFN2O/c1-2-5-14-7-11(16)15-10-6-8(12)3-4-9(10)13/h3-4,6,14H,2,5,7H2,1H3,(H,15,16). The second-order valence-corrected chi connectivity index (χ2v) is 3.79. The van der Waals surface area contributed by atoms with E-state index < -0.39 is 5.82 Å². The van der Waals surface area contributed by atoms with Gasteiger partial charge in [0.05, 0.1) is 12.2 Å². The van der Waals surface area contributed by atoms with Crippen LogP contribution in [0.5, 0.6) is 0 Å². The van der Waals surface area contributed by atoms with Gasteiger partial charge in [0, 0.05) is 5.02 Å². The molecular formula is C11H14ClFN2O. The van der Waals surface area contributed by atoms with Crippen LogP contribution in [-0.4, -0.2) is 19.0 Å². The first-order valence-corrected chi connectivity index (χ1v) is 5.47. The maximum atomic E-state index is 13.2. The van der Waals surface area contributed by atoms with Gasteiger partial charge in [-0.25, -0.2) is 4.39 Å². The molecule has 1 amide bonds. The van der Waals surface area contributed by atoms with E-state index in [1.54, 1.807) is 0 Å². The van der Waals surface area contributed by atoms with Gasteiger partial charge in [-0.3, -0.25) is 4.79 Å². The summed E-state index contributed by atoms with van der Waals surface area (Å²) in [6, 6.07) is 4.04. The highest BCUT2D eigenvalue weighted by atomic mass is 35.5. The third kappa shape index (κ3) is 4.16. The maximum Gasteiger partial charge on any atom is 0.238 e. The quantitative estimate of drug-likeness (QED) is 0.781. The van der Waals surface area contributed by atoms with Crippen molar-refractivity contribution in [3.05, 3.63) is 29.0 Å². The molecule has 2 N–H and O–H groups in total. The first-order chi connectivity index (χ1) is 7.63. The Hall–Kier alpha value is -1.13. The minimum absolute atomic E-state index is 0.107. The molecule has 16 heavy (non-hydrogen) atoms. The summed E-state index contributed by atoms with van der Waals surface area (Å²) in [5.41, 5.74) is 0.107. The predicted molar refractivity (Wildman–Crippen MR) is 63.2 cm³/mol. The summed E-state index contributed by atoms with van der Waals surface area (Å²) >= 11 is 5.69. The Labute approximate surface area is 99.0 Å². The van der Waals surface area contributed by atoms with Crippen molar-refractivity contribution < 1.29 is 9.18 Å². The Kier molecular flexibility index (Phi) is 5.22. The van der Waals surface area contributed by atoms with Gasteiger partial charge in [-0.1, -0.05) is 18.5 Å². The molecule has 0 aromatic heterocycles. The SMILES string of the molecule is CCCNCC(=O)Nc1cc(Cl)ccc1F. The van der Waals surface area contributed by atoms with Gasteiger partial charge >= 0.3 is 0 Å². The lowest BCUT2D eigenvalue weighted by molar-refractivity contribution is -0.115. The first kappa shape index (κ1) is 12.9. The fraction of sp³-hybridized carbons (Fsp3) is 0.364. The van der Waals surface area contributed by atoms with Crippen molar-refractivity contribution in [1.29, 1.82) is 0 Å². The summed E-state index contributed by atoms with van der Waals surface area (Å²) in [6.07, 6.45) is 0.943. The minimum atomic E-state index is -0.492. The number of halogens is 2. The van der Waals surface area contributed by atoms with Crippen molar-refractivity contribution in [2.45, 2.75) is 13.3 Å². The van der Waals surface area contributed by atoms with Crippen LogP contribution in [0.2, 0.25) is 5.02 Å². The second-order valence-electron chi connectivity index (χ2n) is 3.35. The molecule has 0 atom stereocenters. The molecule has 0 radical (unpaired) electrons. The summed E-state index contributed by atoms with van der Waals surface area (Å²) in [5.74, 6) is -0.775. The van der Waals surface area contributed by atoms with Crippen molar-refractivity contribution in [3.63, 3.8) is 0 Å². The monoisotopic (exact) mass is 244 g/mol. The van der Waals surface area contributed by atoms with Crippen molar-refractivity contribution in [2.24, 2.45) is 0 Å². The number of amides is 1. The fourth-order valence-electron chi connectivity index (χ4n) is 1.17. The van der Waals surface area contributed by atoms with E-state index in [0.717, 1.165) is 13.0 Å². The minimum Gasteiger partial charge on any atom is -0.322 e. The van der Waals surface area contributed by atoms with E-state index in [4.69, 9.17) is 11.6 Å². The maximum absolute atomic E-state index is 13.2. The van der Waals surface area contributed by atoms with Crippen LogP contribution >= 0.6 is 11.6 Å². The lowest BCUT2D eigenvalue weighted by atomic mass is 10.3. The molecule has 0 spiro atoms. The number of carbonyl (C=O) groups is 1. The third-order valence-electron chi connectivity index (χ3n) is 1.91. The number of benzene rings is 1. The fourth-order valence-corrected chi connectivity index (χ4v) is 1.34. The van der Waals surface area contributed by atoms with Gasteiger partial charge < -0.3 is 10.6 Å². The molecule has 5 heteroatoms. The molecule has 1 aromatic carbocycles. The Bertz CT molecular complexity index is 371. The van der Waals surface area contributed by atoms with Gasteiger partial charge in [0.25, 0.3) is 0 Å². The van der Waals surface area contributed by atoms with Gasteiger partial charge in [-0.2, -0.15) is 0 Å². The molecule has 0 bridgehead atoms. The van der Waals surface area contributed by atoms with E-state index in [0.29, 0.717) is 5.02 Å². The van der Waals surface area contributed by atoms with Crippen molar-refractivity contribution in [1.82, 2.24) is 5.32 Å². The molecule has 0 aliphatic heterocycles. The number of hydrogen-bond donors (Lipinski definition) is 2. The molecule has 1 rings (SSSR count). The smallest absolute Gasteiger partial charge is 0.238 e. The van der Waals surface area contributed by atoms with Crippen LogP contribution in [0.25, 0.3) is 0 Å². The highest BCUT2D eigenvalue weighted by Crippen LogP contribution is 2.19. The summed E-state index contributed by atoms with van der Waals surface area (Å²) in [5, 5.41) is 5.76. The summed E-state index contributed by atoms with van der Waals surface area (Å²) in [7, 11) is 0. The third-order valence-corrected chi connectivity index (χ3v) is 2.15. The zero-order valence-electron chi connectivity index (χ0n) is 9.02. The van der Waals surface area contributed by atoms with Crippen LogP contribution < -0.4 is 10.6 Å². The number of carbonyl (C=O) groups excluding carboxylic acids is 1. The molecule has 0 saturated carbocycles. The van der Waals surface area contributed by atoms with E-state index in [2.05, 4.69) is 10.6 Å². The largest absolute Gasteiger partial charge is 0.322 e. The Morgan fingerprint density at radius 3 is 2.94 bits per heavy atom. The molecule has 0 saturated heterocycles. The average molecular weight is 245 g/mol. The van der Waals surface area contributed by atoms with Gasteiger partial charge in [0.1, 0.15) is 5.82 Å². The Morgan fingerprint density at radius 2 is 2.25 bits per heavy atom. The van der Waals surface area contributed by atoms with Crippen molar-refractivity contribution in [2.75, 3.05) is 18.4 Å². The van der Waals surface area contributed by atoms with E-state index >= 15 is 0 Å². The molecule has 0 unspecified atom stereocenters. The number of anilines is 1. The van der Waals surface area contributed by atoms with Gasteiger partial charge in [0.15, 0.2) is 0 Å². The second kappa shape index (κ2) is 6.45. The van der Waals surface area contributed by atoms with Crippen LogP contribution in [0, 0.1) is 5.82 Å². The van der Waals surface area contributed by atoms with Crippen LogP contribution in [0.15, 0.2) is 18.2 Å². The van der Waals surface area contributed by atoms with Crippen molar-refractivity contribution in [3.8, 4) is 0 Å². The Balaban J connectivity index is 2.52. The van der Waals surface area contributed by atoms with Crippen LogP contribution in [0.1, 0.15) is 13.3 Å². The summed E-state index contributed by atoms with van der Waals surface area (Å²) < 4.78 is 13.2. The van der Waals surface area contributed by atoms with Crippen LogP contribution in [0.3, 0.4) is 0 Å². The molecule has 0 heterocycles. The van der Waals surface area contributed by atoms with Crippen molar-refractivity contribution >= 4 is 23.2 Å². The van der Waals surface area contributed by atoms with Gasteiger partial charge in [0.2, 0.25) is 5.91 Å². The summed E-state index contributed by atoms with van der Waals surface area (Å²) in [4.78, 5) is 11.4. The lowest BCUT2D eigenvalue weighted by Crippen LogP contribution is -2.28. The van der Waals surface area contributed by atoms with Crippen LogP contribution in [0.4, 0.5) is 10.1 Å². The number of hydrogen-bond acceptors (Lipinski definition) is 2. The van der Waals surface area contributed by atoms with E-state index in [-0.39, 0.29) is 18.1 Å². The van der Waals surface area contributed by atoms with Crippen LogP contribution in [-0.2, 0) is 4.79 Å². The zero-order valence-corrected chi connectivity index (χ0v) is 9.77. The highest BCUT2D eigenvalue weighted by Gasteiger charge is 2.06. The predicted octanol–water partition coefficient (Wildman–Crippen LogP) is 2.42. The number of nitrogens with one attached hydrogen (secondary N) is 2. The lowest BCUT2D eigenvalue weighted by Gasteiger charge is -2.07. The molecule has 1 aromatic rings. The van der Waals surface area contributed by atoms with E-state index in [1.807, 2.05) is 6.92 Å².